The zero-order chi connectivity index (χ0) is 11.2. The summed E-state index contributed by atoms with van der Waals surface area (Å²) in [5.74, 6) is 1.57. The first-order valence-corrected chi connectivity index (χ1v) is 6.25. The number of rotatable bonds is 1. The van der Waals surface area contributed by atoms with Gasteiger partial charge in [0, 0.05) is 25.1 Å². The Bertz CT molecular complexity index is 602. The lowest BCUT2D eigenvalue weighted by Gasteiger charge is -2.06. The van der Waals surface area contributed by atoms with E-state index in [2.05, 4.69) is 39.1 Å². The van der Waals surface area contributed by atoms with Gasteiger partial charge in [0.2, 0.25) is 0 Å². The third-order valence-electron chi connectivity index (χ3n) is 4.06. The molecule has 1 aliphatic carbocycles. The number of aromatic nitrogens is 2. The van der Waals surface area contributed by atoms with Crippen molar-refractivity contribution in [1.29, 1.82) is 0 Å². The molecule has 4 rings (SSSR count). The smallest absolute Gasteiger partial charge is 0.137 e. The van der Waals surface area contributed by atoms with Crippen LogP contribution in [0.1, 0.15) is 12.0 Å². The quantitative estimate of drug-likeness (QED) is 0.854. The maximum atomic E-state index is 4.35. The first kappa shape index (κ1) is 11.8. The molecule has 1 saturated heterocycles. The molecule has 0 saturated carbocycles. The van der Waals surface area contributed by atoms with E-state index in [1.54, 1.807) is 0 Å². The van der Waals surface area contributed by atoms with E-state index in [0.29, 0.717) is 0 Å². The van der Waals surface area contributed by atoms with E-state index >= 15 is 0 Å². The van der Waals surface area contributed by atoms with Crippen molar-refractivity contribution in [1.82, 2.24) is 14.7 Å². The Balaban J connectivity index is 0.000001000. The topological polar surface area (TPSA) is 29.3 Å². The molecule has 2 aliphatic rings. The zero-order valence-electron chi connectivity index (χ0n) is 10.0. The molecule has 0 amide bonds. The fraction of sp³-hybridized carbons (Fsp3) is 0.357. The predicted octanol–water partition coefficient (Wildman–Crippen LogP) is 2.38. The van der Waals surface area contributed by atoms with Gasteiger partial charge in [0.15, 0.2) is 0 Å². The van der Waals surface area contributed by atoms with Gasteiger partial charge in [-0.15, -0.1) is 12.4 Å². The summed E-state index contributed by atoms with van der Waals surface area (Å²) in [6.07, 6.45) is 9.61. The fourth-order valence-corrected chi connectivity index (χ4v) is 3.10. The van der Waals surface area contributed by atoms with E-state index in [1.807, 2.05) is 12.4 Å². The lowest BCUT2D eigenvalue weighted by atomic mass is 9.99. The maximum Gasteiger partial charge on any atom is 0.137 e. The average Bonchev–Trinajstić information content (AvgIpc) is 3.02. The molecular weight excluding hydrogens is 246 g/mol. The summed E-state index contributed by atoms with van der Waals surface area (Å²) in [5, 5.41) is 3.46. The van der Waals surface area contributed by atoms with E-state index in [-0.39, 0.29) is 12.4 Å². The molecule has 2 atom stereocenters. The molecule has 3 heterocycles. The second-order valence-corrected chi connectivity index (χ2v) is 5.09. The summed E-state index contributed by atoms with van der Waals surface area (Å²) in [7, 11) is 0. The van der Waals surface area contributed by atoms with Gasteiger partial charge < -0.3 is 9.72 Å². The normalized spacial score (nSPS) is 25.9. The van der Waals surface area contributed by atoms with E-state index < -0.39 is 0 Å². The molecule has 4 heteroatoms. The summed E-state index contributed by atoms with van der Waals surface area (Å²) in [5.41, 5.74) is 3.89. The minimum Gasteiger partial charge on any atom is -0.316 e. The molecule has 1 fully saturated rings. The molecule has 1 N–H and O–H groups in total. The van der Waals surface area contributed by atoms with Gasteiger partial charge in [-0.3, -0.25) is 0 Å². The van der Waals surface area contributed by atoms with Crippen LogP contribution >= 0.6 is 12.4 Å². The number of pyridine rings is 1. The monoisotopic (exact) mass is 261 g/mol. The van der Waals surface area contributed by atoms with Crippen LogP contribution in [0.2, 0.25) is 0 Å². The highest BCUT2D eigenvalue weighted by molar-refractivity contribution is 5.85. The number of allylic oxidation sites excluding steroid dienone is 1. The molecule has 94 valence electrons. The zero-order valence-corrected chi connectivity index (χ0v) is 10.9. The van der Waals surface area contributed by atoms with E-state index in [0.717, 1.165) is 24.0 Å². The summed E-state index contributed by atoms with van der Waals surface area (Å²) in [6, 6.07) is 4.40. The minimum atomic E-state index is 0. The van der Waals surface area contributed by atoms with Gasteiger partial charge in [-0.1, -0.05) is 6.08 Å². The highest BCUT2D eigenvalue weighted by atomic mass is 35.5. The van der Waals surface area contributed by atoms with Crippen LogP contribution in [-0.4, -0.2) is 22.5 Å². The van der Waals surface area contributed by atoms with Crippen molar-refractivity contribution in [3.8, 4) is 0 Å². The van der Waals surface area contributed by atoms with Crippen LogP contribution in [-0.2, 0) is 0 Å². The second-order valence-electron chi connectivity index (χ2n) is 5.09. The van der Waals surface area contributed by atoms with Crippen LogP contribution in [0, 0.1) is 11.8 Å². The van der Waals surface area contributed by atoms with Gasteiger partial charge in [0.05, 0.1) is 0 Å². The van der Waals surface area contributed by atoms with Gasteiger partial charge >= 0.3 is 0 Å². The third-order valence-corrected chi connectivity index (χ3v) is 4.06. The number of imidazole rings is 1. The molecule has 1 aliphatic heterocycles. The Hall–Kier alpha value is -1.32. The van der Waals surface area contributed by atoms with Crippen LogP contribution in [0.3, 0.4) is 0 Å². The van der Waals surface area contributed by atoms with Crippen molar-refractivity contribution in [3.05, 3.63) is 42.4 Å². The largest absolute Gasteiger partial charge is 0.316 e. The van der Waals surface area contributed by atoms with Gasteiger partial charge in [-0.05, 0) is 48.1 Å². The van der Waals surface area contributed by atoms with Crippen LogP contribution in [0.4, 0.5) is 0 Å². The molecule has 3 nitrogen and oxygen atoms in total. The van der Waals surface area contributed by atoms with E-state index in [4.69, 9.17) is 0 Å². The van der Waals surface area contributed by atoms with Gasteiger partial charge in [-0.2, -0.15) is 0 Å². The predicted molar refractivity (Wildman–Crippen MR) is 74.9 cm³/mol. The number of halogens is 1. The van der Waals surface area contributed by atoms with Crippen molar-refractivity contribution < 1.29 is 0 Å². The average molecular weight is 262 g/mol. The molecule has 0 bridgehead atoms. The van der Waals surface area contributed by atoms with Crippen molar-refractivity contribution in [3.63, 3.8) is 0 Å². The summed E-state index contributed by atoms with van der Waals surface area (Å²) in [6.45, 7) is 2.33. The Morgan fingerprint density at radius 2 is 2.22 bits per heavy atom. The fourth-order valence-electron chi connectivity index (χ4n) is 3.10. The molecule has 0 radical (unpaired) electrons. The first-order chi connectivity index (χ1) is 8.40. The van der Waals surface area contributed by atoms with E-state index in [9.17, 15) is 0 Å². The van der Waals surface area contributed by atoms with Crippen LogP contribution < -0.4 is 5.32 Å². The van der Waals surface area contributed by atoms with Crippen molar-refractivity contribution in [2.24, 2.45) is 11.8 Å². The molecule has 0 aromatic carbocycles. The molecule has 0 unspecified atom stereocenters. The lowest BCUT2D eigenvalue weighted by molar-refractivity contribution is 0.536. The number of nitrogens with zero attached hydrogens (tertiary/aromatic N) is 2. The maximum absolute atomic E-state index is 4.35. The van der Waals surface area contributed by atoms with Gasteiger partial charge in [0.25, 0.3) is 0 Å². The highest BCUT2D eigenvalue weighted by Crippen LogP contribution is 2.38. The van der Waals surface area contributed by atoms with Crippen LogP contribution in [0.15, 0.2) is 36.8 Å². The Morgan fingerprint density at radius 1 is 1.28 bits per heavy atom. The molecule has 18 heavy (non-hydrogen) atoms. The van der Waals surface area contributed by atoms with Crippen LogP contribution in [0.25, 0.3) is 11.2 Å². The van der Waals surface area contributed by atoms with Gasteiger partial charge in [-0.25, -0.2) is 4.98 Å². The Kier molecular flexibility index (Phi) is 2.88. The second kappa shape index (κ2) is 4.41. The summed E-state index contributed by atoms with van der Waals surface area (Å²) >= 11 is 0. The molecule has 2 aromatic rings. The molecule has 0 spiro atoms. The standard InChI is InChI=1S/C14H15N3.ClH/c1-3-17-4-2-16-14(17)7-10(1)11-5-12-8-15-9-13(12)6-11;/h1-5,7,12-13,15H,6,8-9H2;1H/t12-,13+;/m1./s1. The van der Waals surface area contributed by atoms with Gasteiger partial charge in [0.1, 0.15) is 5.65 Å². The highest BCUT2D eigenvalue weighted by Gasteiger charge is 2.31. The minimum absolute atomic E-state index is 0. The summed E-state index contributed by atoms with van der Waals surface area (Å²) < 4.78 is 2.06. The number of fused-ring (bicyclic) bond motifs is 2. The molecular formula is C14H16ClN3. The number of nitrogens with one attached hydrogen (secondary N) is 1. The van der Waals surface area contributed by atoms with Crippen molar-refractivity contribution >= 4 is 23.6 Å². The SMILES string of the molecule is C1=C(c2ccn3ccnc3c2)C[C@H]2CNC[C@@H]12.Cl. The first-order valence-electron chi connectivity index (χ1n) is 6.25. The molecule has 2 aromatic heterocycles. The van der Waals surface area contributed by atoms with E-state index in [1.165, 1.54) is 24.1 Å². The Morgan fingerprint density at radius 3 is 3.11 bits per heavy atom. The number of hydrogen-bond acceptors (Lipinski definition) is 2. The van der Waals surface area contributed by atoms with Crippen molar-refractivity contribution in [2.75, 3.05) is 13.1 Å². The number of hydrogen-bond donors (Lipinski definition) is 1. The third kappa shape index (κ3) is 1.74. The van der Waals surface area contributed by atoms with Crippen molar-refractivity contribution in [2.45, 2.75) is 6.42 Å². The Labute approximate surface area is 112 Å². The lowest BCUT2D eigenvalue weighted by Crippen LogP contribution is -2.09. The summed E-state index contributed by atoms with van der Waals surface area (Å²) in [4.78, 5) is 4.35. The van der Waals surface area contributed by atoms with Crippen LogP contribution in [0.5, 0.6) is 0 Å².